The second kappa shape index (κ2) is 7.62. The van der Waals surface area contributed by atoms with E-state index in [1.54, 1.807) is 0 Å². The van der Waals surface area contributed by atoms with Crippen LogP contribution in [0.25, 0.3) is 0 Å². The van der Waals surface area contributed by atoms with Crippen LogP contribution in [-0.2, 0) is 4.79 Å². The molecule has 1 aromatic rings. The summed E-state index contributed by atoms with van der Waals surface area (Å²) in [5.41, 5.74) is 0.524. The first kappa shape index (κ1) is 22.2. The van der Waals surface area contributed by atoms with Gasteiger partial charge >= 0.3 is 5.97 Å². The van der Waals surface area contributed by atoms with Gasteiger partial charge in [-0.15, -0.1) is 0 Å². The van der Waals surface area contributed by atoms with E-state index in [0.29, 0.717) is 17.3 Å². The molecule has 0 radical (unpaired) electrons. The Morgan fingerprint density at radius 1 is 1.03 bits per heavy atom. The van der Waals surface area contributed by atoms with Crippen molar-refractivity contribution in [3.8, 4) is 5.75 Å². The van der Waals surface area contributed by atoms with Crippen LogP contribution in [0.15, 0.2) is 12.1 Å². The molecule has 1 saturated heterocycles. The fourth-order valence-corrected chi connectivity index (χ4v) is 7.68. The van der Waals surface area contributed by atoms with Gasteiger partial charge < -0.3 is 14.7 Å². The number of carbonyl (C=O) groups excluding carboxylic acids is 1. The minimum absolute atomic E-state index is 0.147. The summed E-state index contributed by atoms with van der Waals surface area (Å²) in [5.74, 6) is -3.77. The molecule has 0 aromatic heterocycles. The monoisotopic (exact) mass is 477 g/mol. The van der Waals surface area contributed by atoms with Crippen molar-refractivity contribution in [2.24, 2.45) is 23.2 Å². The third-order valence-corrected chi connectivity index (χ3v) is 8.86. The normalized spacial score (nSPS) is 35.6. The summed E-state index contributed by atoms with van der Waals surface area (Å²) in [7, 11) is 0. The van der Waals surface area contributed by atoms with Gasteiger partial charge in [0.15, 0.2) is 0 Å². The van der Waals surface area contributed by atoms with E-state index in [2.05, 4.69) is 0 Å². The average Bonchev–Trinajstić information content (AvgIpc) is 3.53. The number of nitrogens with zero attached hydrogens (tertiary/aromatic N) is 1. The maximum atomic E-state index is 15.2. The Morgan fingerprint density at radius 2 is 1.65 bits per heavy atom. The third-order valence-electron chi connectivity index (χ3n) is 8.86. The van der Waals surface area contributed by atoms with Crippen LogP contribution in [0.2, 0.25) is 0 Å². The predicted molar refractivity (Wildman–Crippen MR) is 116 cm³/mol. The average molecular weight is 478 g/mol. The molecule has 5 nitrogen and oxygen atoms in total. The van der Waals surface area contributed by atoms with Gasteiger partial charge in [0, 0.05) is 17.9 Å². The number of halogens is 3. The molecule has 6 fully saturated rings. The van der Waals surface area contributed by atoms with E-state index < -0.39 is 42.6 Å². The van der Waals surface area contributed by atoms with Crippen LogP contribution < -0.4 is 4.74 Å². The molecule has 1 atom stereocenters. The number of hydrogen-bond donors (Lipinski definition) is 1. The van der Waals surface area contributed by atoms with Gasteiger partial charge in [0.1, 0.15) is 17.6 Å². The molecule has 4 bridgehead atoms. The third kappa shape index (κ3) is 3.87. The van der Waals surface area contributed by atoms with Gasteiger partial charge in [-0.2, -0.15) is 0 Å². The molecule has 1 unspecified atom stereocenters. The molecular weight excluding hydrogens is 447 g/mol. The summed E-state index contributed by atoms with van der Waals surface area (Å²) in [6.45, 7) is -0.479. The molecule has 1 N–H and O–H groups in total. The number of rotatable bonds is 6. The van der Waals surface area contributed by atoms with Gasteiger partial charge in [-0.25, -0.2) is 18.0 Å². The van der Waals surface area contributed by atoms with E-state index in [0.717, 1.165) is 55.4 Å². The number of hydrogen-bond acceptors (Lipinski definition) is 3. The van der Waals surface area contributed by atoms with Gasteiger partial charge in [-0.05, 0) is 86.7 Å². The lowest BCUT2D eigenvalue weighted by molar-refractivity contribution is -0.141. The zero-order valence-corrected chi connectivity index (χ0v) is 19.1. The molecule has 1 amide bonds. The zero-order chi connectivity index (χ0) is 23.8. The van der Waals surface area contributed by atoms with Crippen LogP contribution in [0, 0.1) is 29.0 Å². The number of alkyl halides is 2. The first-order valence-electron chi connectivity index (χ1n) is 12.5. The van der Waals surface area contributed by atoms with Crippen LogP contribution in [0.3, 0.4) is 0 Å². The lowest BCUT2D eigenvalue weighted by Crippen LogP contribution is -2.48. The van der Waals surface area contributed by atoms with E-state index in [1.807, 2.05) is 0 Å². The Balaban J connectivity index is 1.25. The van der Waals surface area contributed by atoms with Crippen molar-refractivity contribution in [2.45, 2.75) is 75.7 Å². The number of likely N-dealkylation sites (tertiary alicyclic amines) is 1. The minimum Gasteiger partial charge on any atom is -0.493 e. The van der Waals surface area contributed by atoms with Crippen molar-refractivity contribution in [3.63, 3.8) is 0 Å². The number of amides is 1. The van der Waals surface area contributed by atoms with Crippen LogP contribution in [0.4, 0.5) is 13.2 Å². The number of aliphatic carboxylic acids is 1. The van der Waals surface area contributed by atoms with E-state index in [4.69, 9.17) is 4.74 Å². The van der Waals surface area contributed by atoms with Crippen LogP contribution >= 0.6 is 0 Å². The SMILES string of the molecule is O=C(O)C1CC(F)(F)CN1C(=O)c1cc(C2CC2)c(OCC23CC4CC(CC(C4)C2)C3)cc1F. The quantitative estimate of drug-likeness (QED) is 0.609. The number of benzene rings is 1. The largest absolute Gasteiger partial charge is 0.493 e. The molecule has 1 aliphatic heterocycles. The van der Waals surface area contributed by atoms with E-state index in [-0.39, 0.29) is 16.9 Å². The zero-order valence-electron chi connectivity index (χ0n) is 19.1. The van der Waals surface area contributed by atoms with Crippen molar-refractivity contribution in [1.29, 1.82) is 0 Å². The molecule has 1 heterocycles. The lowest BCUT2D eigenvalue weighted by atomic mass is 9.50. The van der Waals surface area contributed by atoms with Crippen molar-refractivity contribution in [2.75, 3.05) is 13.2 Å². The molecule has 7 rings (SSSR count). The topological polar surface area (TPSA) is 66.8 Å². The highest BCUT2D eigenvalue weighted by atomic mass is 19.3. The van der Waals surface area contributed by atoms with Crippen molar-refractivity contribution >= 4 is 11.9 Å². The maximum absolute atomic E-state index is 15.2. The highest BCUT2D eigenvalue weighted by Crippen LogP contribution is 2.60. The molecule has 5 saturated carbocycles. The lowest BCUT2D eigenvalue weighted by Gasteiger charge is -2.56. The molecule has 34 heavy (non-hydrogen) atoms. The van der Waals surface area contributed by atoms with Gasteiger partial charge in [0.05, 0.1) is 18.7 Å². The predicted octanol–water partition coefficient (Wildman–Crippen LogP) is 5.23. The molecule has 184 valence electrons. The second-order valence-corrected chi connectivity index (χ2v) is 11.7. The van der Waals surface area contributed by atoms with Gasteiger partial charge in [0.2, 0.25) is 0 Å². The Labute approximate surface area is 196 Å². The van der Waals surface area contributed by atoms with Gasteiger partial charge in [-0.1, -0.05) is 0 Å². The second-order valence-electron chi connectivity index (χ2n) is 11.7. The Bertz CT molecular complexity index is 1000. The smallest absolute Gasteiger partial charge is 0.326 e. The number of carbonyl (C=O) groups is 2. The minimum atomic E-state index is -3.31. The van der Waals surface area contributed by atoms with E-state index >= 15 is 4.39 Å². The molecule has 1 aromatic carbocycles. The van der Waals surface area contributed by atoms with E-state index in [1.165, 1.54) is 31.4 Å². The van der Waals surface area contributed by atoms with Crippen molar-refractivity contribution in [3.05, 3.63) is 29.1 Å². The van der Waals surface area contributed by atoms with Crippen LogP contribution in [0.1, 0.15) is 79.6 Å². The molecule has 5 aliphatic carbocycles. The molecule has 8 heteroatoms. The highest BCUT2D eigenvalue weighted by Gasteiger charge is 2.52. The van der Waals surface area contributed by atoms with Crippen molar-refractivity contribution in [1.82, 2.24) is 4.90 Å². The fraction of sp³-hybridized carbons (Fsp3) is 0.692. The van der Waals surface area contributed by atoms with Gasteiger partial charge in [0.25, 0.3) is 11.8 Å². The summed E-state index contributed by atoms with van der Waals surface area (Å²) in [5, 5.41) is 9.32. The summed E-state index contributed by atoms with van der Waals surface area (Å²) in [4.78, 5) is 25.1. The summed E-state index contributed by atoms with van der Waals surface area (Å²) in [6, 6.07) is 0.962. The molecule has 0 spiro atoms. The highest BCUT2D eigenvalue weighted by molar-refractivity contribution is 5.97. The number of carboxylic acid groups (broad SMARTS) is 1. The Kier molecular flexibility index (Phi) is 4.98. The van der Waals surface area contributed by atoms with Crippen LogP contribution in [0.5, 0.6) is 5.75 Å². The maximum Gasteiger partial charge on any atom is 0.326 e. The Hall–Kier alpha value is -2.25. The first-order chi connectivity index (χ1) is 16.1. The number of ether oxygens (including phenoxy) is 1. The van der Waals surface area contributed by atoms with Crippen molar-refractivity contribution < 1.29 is 32.6 Å². The summed E-state index contributed by atoms with van der Waals surface area (Å²) in [6.07, 6.45) is 8.29. The summed E-state index contributed by atoms with van der Waals surface area (Å²) >= 11 is 0. The van der Waals surface area contributed by atoms with Crippen LogP contribution in [-0.4, -0.2) is 47.0 Å². The fourth-order valence-electron chi connectivity index (χ4n) is 7.68. The summed E-state index contributed by atoms with van der Waals surface area (Å²) < 4.78 is 49.2. The van der Waals surface area contributed by atoms with Gasteiger partial charge in [-0.3, -0.25) is 4.79 Å². The Morgan fingerprint density at radius 3 is 2.21 bits per heavy atom. The standard InChI is InChI=1S/C26H30F3NO4/c27-20-7-22(34-13-25-8-14-3-15(9-25)5-16(4-14)10-25)18(17-1-2-17)6-19(20)23(31)30-12-26(28,29)11-21(30)24(32)33/h6-7,14-17,21H,1-5,8-13H2,(H,32,33). The molecule has 6 aliphatic rings. The van der Waals surface area contributed by atoms with E-state index in [9.17, 15) is 23.5 Å². The molecular formula is C26H30F3NO4. The number of carboxylic acids is 1. The first-order valence-corrected chi connectivity index (χ1v) is 12.5.